The van der Waals surface area contributed by atoms with Crippen molar-refractivity contribution in [1.29, 1.82) is 0 Å². The van der Waals surface area contributed by atoms with Crippen LogP contribution in [0, 0.1) is 6.92 Å². The normalized spacial score (nSPS) is 15.7. The first-order chi connectivity index (χ1) is 7.66. The molecule has 1 N–H and O–H groups in total. The molecule has 1 aliphatic rings. The van der Waals surface area contributed by atoms with Crippen LogP contribution in [-0.2, 0) is 9.59 Å². The third kappa shape index (κ3) is 2.21. The topological polar surface area (TPSA) is 49.4 Å². The number of nitrogens with zero attached hydrogens (tertiary/aromatic N) is 1. The Kier molecular flexibility index (Phi) is 2.90. The molecule has 84 valence electrons. The number of nitrogens with one attached hydrogen (secondary N) is 1. The Morgan fingerprint density at radius 3 is 2.25 bits per heavy atom. The fourth-order valence-corrected chi connectivity index (χ4v) is 1.64. The fourth-order valence-electron chi connectivity index (χ4n) is 1.64. The van der Waals surface area contributed by atoms with Gasteiger partial charge in [-0.25, -0.2) is 0 Å². The van der Waals surface area contributed by atoms with E-state index >= 15 is 0 Å². The van der Waals surface area contributed by atoms with E-state index in [0.29, 0.717) is 12.8 Å². The molecule has 0 aromatic heterocycles. The molecule has 0 unspecified atom stereocenters. The maximum Gasteiger partial charge on any atom is 0.231 e. The zero-order chi connectivity index (χ0) is 11.5. The van der Waals surface area contributed by atoms with E-state index in [9.17, 15) is 9.59 Å². The molecule has 0 atom stereocenters. The van der Waals surface area contributed by atoms with Crippen molar-refractivity contribution < 1.29 is 9.59 Å². The Labute approximate surface area is 94.2 Å². The highest BCUT2D eigenvalue weighted by molar-refractivity contribution is 6.02. The van der Waals surface area contributed by atoms with E-state index in [2.05, 4.69) is 5.32 Å². The maximum absolute atomic E-state index is 11.3. The van der Waals surface area contributed by atoms with Crippen LogP contribution < -0.4 is 5.32 Å². The molecular formula is C12H14N2O2. The highest BCUT2D eigenvalue weighted by Crippen LogP contribution is 2.13. The number of rotatable bonds is 3. The Bertz CT molecular complexity index is 396. The summed E-state index contributed by atoms with van der Waals surface area (Å²) in [5, 5.41) is 3.06. The molecule has 0 spiro atoms. The van der Waals surface area contributed by atoms with Gasteiger partial charge in [-0.2, -0.15) is 0 Å². The first kappa shape index (κ1) is 10.7. The number of carbonyl (C=O) groups is 2. The molecule has 1 saturated heterocycles. The van der Waals surface area contributed by atoms with Crippen molar-refractivity contribution in [2.45, 2.75) is 19.8 Å². The average Bonchev–Trinajstić information content (AvgIpc) is 2.59. The molecule has 4 heteroatoms. The lowest BCUT2D eigenvalue weighted by molar-refractivity contribution is -0.137. The van der Waals surface area contributed by atoms with Crippen molar-refractivity contribution in [3.8, 4) is 0 Å². The summed E-state index contributed by atoms with van der Waals surface area (Å²) in [6.07, 6.45) is 0.683. The van der Waals surface area contributed by atoms with Gasteiger partial charge in [0.2, 0.25) is 11.8 Å². The van der Waals surface area contributed by atoms with E-state index in [0.717, 1.165) is 5.69 Å². The van der Waals surface area contributed by atoms with E-state index in [1.807, 2.05) is 31.2 Å². The molecule has 0 saturated carbocycles. The van der Waals surface area contributed by atoms with Crippen molar-refractivity contribution in [1.82, 2.24) is 4.90 Å². The average molecular weight is 218 g/mol. The van der Waals surface area contributed by atoms with Gasteiger partial charge in [-0.15, -0.1) is 0 Å². The van der Waals surface area contributed by atoms with E-state index in [-0.39, 0.29) is 18.5 Å². The summed E-state index contributed by atoms with van der Waals surface area (Å²) in [7, 11) is 0. The lowest BCUT2D eigenvalue weighted by Crippen LogP contribution is -2.33. The number of imide groups is 1. The predicted octanol–water partition coefficient (Wildman–Crippen LogP) is 1.51. The molecule has 1 aromatic carbocycles. The highest BCUT2D eigenvalue weighted by atomic mass is 16.2. The molecule has 4 nitrogen and oxygen atoms in total. The predicted molar refractivity (Wildman–Crippen MR) is 60.8 cm³/mol. The van der Waals surface area contributed by atoms with E-state index in [4.69, 9.17) is 0 Å². The van der Waals surface area contributed by atoms with Crippen LogP contribution in [-0.4, -0.2) is 23.4 Å². The molecule has 0 bridgehead atoms. The van der Waals surface area contributed by atoms with Crippen molar-refractivity contribution in [2.75, 3.05) is 12.0 Å². The summed E-state index contributed by atoms with van der Waals surface area (Å²) in [6, 6.07) is 7.83. The van der Waals surface area contributed by atoms with E-state index in [1.54, 1.807) is 0 Å². The third-order valence-electron chi connectivity index (χ3n) is 2.65. The first-order valence-corrected chi connectivity index (χ1v) is 5.30. The van der Waals surface area contributed by atoms with Gasteiger partial charge in [0, 0.05) is 18.5 Å². The van der Waals surface area contributed by atoms with Crippen LogP contribution in [0.4, 0.5) is 5.69 Å². The Morgan fingerprint density at radius 1 is 1.12 bits per heavy atom. The van der Waals surface area contributed by atoms with Crippen molar-refractivity contribution in [2.24, 2.45) is 0 Å². The quantitative estimate of drug-likeness (QED) is 0.782. The SMILES string of the molecule is Cc1ccc(NCN2C(=O)CCC2=O)cc1. The molecule has 16 heavy (non-hydrogen) atoms. The van der Waals surface area contributed by atoms with Crippen molar-refractivity contribution in [3.05, 3.63) is 29.8 Å². The fraction of sp³-hybridized carbons (Fsp3) is 0.333. The van der Waals surface area contributed by atoms with Crippen LogP contribution in [0.2, 0.25) is 0 Å². The lowest BCUT2D eigenvalue weighted by atomic mass is 10.2. The minimum absolute atomic E-state index is 0.0930. The Morgan fingerprint density at radius 2 is 1.69 bits per heavy atom. The minimum atomic E-state index is -0.0930. The lowest BCUT2D eigenvalue weighted by Gasteiger charge is -2.15. The number of carbonyl (C=O) groups excluding carboxylic acids is 2. The molecule has 0 aliphatic carbocycles. The summed E-state index contributed by atoms with van der Waals surface area (Å²) in [4.78, 5) is 23.9. The number of hydrogen-bond acceptors (Lipinski definition) is 3. The Balaban J connectivity index is 1.94. The second-order valence-electron chi connectivity index (χ2n) is 3.92. The number of benzene rings is 1. The Hall–Kier alpha value is -1.84. The van der Waals surface area contributed by atoms with Crippen molar-refractivity contribution in [3.63, 3.8) is 0 Å². The monoisotopic (exact) mass is 218 g/mol. The van der Waals surface area contributed by atoms with Gasteiger partial charge < -0.3 is 5.32 Å². The summed E-state index contributed by atoms with van der Waals surface area (Å²) >= 11 is 0. The van der Waals surface area contributed by atoms with Crippen LogP contribution >= 0.6 is 0 Å². The molecular weight excluding hydrogens is 204 g/mol. The van der Waals surface area contributed by atoms with Gasteiger partial charge in [0.25, 0.3) is 0 Å². The van der Waals surface area contributed by atoms with Gasteiger partial charge >= 0.3 is 0 Å². The van der Waals surface area contributed by atoms with E-state index in [1.165, 1.54) is 10.5 Å². The molecule has 1 aromatic rings. The second kappa shape index (κ2) is 4.35. The summed E-state index contributed by atoms with van der Waals surface area (Å²) in [6.45, 7) is 2.28. The highest BCUT2D eigenvalue weighted by Gasteiger charge is 2.28. The van der Waals surface area contributed by atoms with Crippen LogP contribution in [0.3, 0.4) is 0 Å². The zero-order valence-corrected chi connectivity index (χ0v) is 9.19. The molecule has 1 aliphatic heterocycles. The van der Waals surface area contributed by atoms with Crippen LogP contribution in [0.5, 0.6) is 0 Å². The number of aryl methyl sites for hydroxylation is 1. The number of amides is 2. The third-order valence-corrected chi connectivity index (χ3v) is 2.65. The van der Waals surface area contributed by atoms with Gasteiger partial charge in [0.1, 0.15) is 0 Å². The molecule has 1 heterocycles. The van der Waals surface area contributed by atoms with Crippen LogP contribution in [0.25, 0.3) is 0 Å². The number of likely N-dealkylation sites (tertiary alicyclic amines) is 1. The van der Waals surface area contributed by atoms with Gasteiger partial charge in [-0.3, -0.25) is 14.5 Å². The first-order valence-electron chi connectivity index (χ1n) is 5.30. The second-order valence-corrected chi connectivity index (χ2v) is 3.92. The summed E-state index contributed by atoms with van der Waals surface area (Å²) in [5.74, 6) is -0.186. The molecule has 2 amide bonds. The number of anilines is 1. The van der Waals surface area contributed by atoms with Crippen LogP contribution in [0.15, 0.2) is 24.3 Å². The summed E-state index contributed by atoms with van der Waals surface area (Å²) in [5.41, 5.74) is 2.09. The summed E-state index contributed by atoms with van der Waals surface area (Å²) < 4.78 is 0. The molecule has 1 fully saturated rings. The van der Waals surface area contributed by atoms with Crippen LogP contribution in [0.1, 0.15) is 18.4 Å². The van der Waals surface area contributed by atoms with Gasteiger partial charge in [0.15, 0.2) is 0 Å². The number of hydrogen-bond donors (Lipinski definition) is 1. The maximum atomic E-state index is 11.3. The van der Waals surface area contributed by atoms with Gasteiger partial charge in [-0.1, -0.05) is 17.7 Å². The van der Waals surface area contributed by atoms with E-state index < -0.39 is 0 Å². The standard InChI is InChI=1S/C12H14N2O2/c1-9-2-4-10(5-3-9)13-8-14-11(15)6-7-12(14)16/h2-5,13H,6-8H2,1H3. The molecule has 0 radical (unpaired) electrons. The van der Waals surface area contributed by atoms with Gasteiger partial charge in [-0.05, 0) is 19.1 Å². The van der Waals surface area contributed by atoms with Gasteiger partial charge in [0.05, 0.1) is 6.67 Å². The van der Waals surface area contributed by atoms with Crippen molar-refractivity contribution >= 4 is 17.5 Å². The molecule has 2 rings (SSSR count). The smallest absolute Gasteiger partial charge is 0.231 e. The largest absolute Gasteiger partial charge is 0.367 e. The zero-order valence-electron chi connectivity index (χ0n) is 9.19. The minimum Gasteiger partial charge on any atom is -0.367 e.